The van der Waals surface area contributed by atoms with Crippen LogP contribution in [-0.4, -0.2) is 19.1 Å². The minimum absolute atomic E-state index is 1.07. The van der Waals surface area contributed by atoms with Crippen molar-refractivity contribution < 1.29 is 4.90 Å². The third-order valence-corrected chi connectivity index (χ3v) is 2.47. The topological polar surface area (TPSA) is 20.2 Å². The van der Waals surface area contributed by atoms with E-state index in [4.69, 9.17) is 0 Å². The Morgan fingerprint density at radius 2 is 2.07 bits per heavy atom. The number of nitrogens with one attached hydrogen (secondary N) is 2. The smallest absolute Gasteiger partial charge is 0.104 e. The molecule has 0 spiro atoms. The van der Waals surface area contributed by atoms with Crippen molar-refractivity contribution in [3.8, 4) is 0 Å². The van der Waals surface area contributed by atoms with Crippen LogP contribution in [0, 0.1) is 6.92 Å². The quantitative estimate of drug-likeness (QED) is 0.706. The van der Waals surface area contributed by atoms with Crippen LogP contribution in [0.15, 0.2) is 24.4 Å². The maximum Gasteiger partial charge on any atom is 0.104 e. The van der Waals surface area contributed by atoms with E-state index in [-0.39, 0.29) is 0 Å². The Morgan fingerprint density at radius 1 is 1.29 bits per heavy atom. The molecule has 1 aromatic carbocycles. The monoisotopic (exact) mass is 189 g/mol. The number of aromatic nitrogens is 1. The minimum Gasteiger partial charge on any atom is -0.361 e. The third kappa shape index (κ3) is 1.66. The fraction of sp³-hybridized carbons (Fsp3) is 0.333. The molecule has 74 valence electrons. The van der Waals surface area contributed by atoms with Gasteiger partial charge in [0.05, 0.1) is 14.1 Å². The first-order valence-electron chi connectivity index (χ1n) is 5.02. The highest BCUT2D eigenvalue weighted by atomic mass is 15.0. The first-order valence-corrected chi connectivity index (χ1v) is 5.02. The molecule has 0 aliphatic heterocycles. The molecule has 0 atom stereocenters. The summed E-state index contributed by atoms with van der Waals surface area (Å²) in [5.41, 5.74) is 3.97. The fourth-order valence-electron chi connectivity index (χ4n) is 1.82. The highest BCUT2D eigenvalue weighted by Gasteiger charge is 2.05. The molecule has 2 N–H and O–H groups in total. The molecule has 1 heterocycles. The highest BCUT2D eigenvalue weighted by molar-refractivity contribution is 5.83. The summed E-state index contributed by atoms with van der Waals surface area (Å²) >= 11 is 0. The van der Waals surface area contributed by atoms with Gasteiger partial charge in [-0.2, -0.15) is 0 Å². The SMILES string of the molecule is Cc1ccc2[nH]cc(C[NH+](C)C)c2c1. The number of quaternary nitrogens is 1. The summed E-state index contributed by atoms with van der Waals surface area (Å²) in [7, 11) is 4.35. The van der Waals surface area contributed by atoms with Crippen LogP contribution in [0.3, 0.4) is 0 Å². The van der Waals surface area contributed by atoms with Crippen LogP contribution in [0.5, 0.6) is 0 Å². The van der Waals surface area contributed by atoms with E-state index in [1.165, 1.54) is 26.9 Å². The largest absolute Gasteiger partial charge is 0.361 e. The molecule has 0 saturated heterocycles. The molecule has 0 aliphatic carbocycles. The number of aromatic amines is 1. The van der Waals surface area contributed by atoms with E-state index in [0.29, 0.717) is 0 Å². The molecule has 2 nitrogen and oxygen atoms in total. The Morgan fingerprint density at radius 3 is 2.79 bits per heavy atom. The zero-order valence-electron chi connectivity index (χ0n) is 9.02. The second-order valence-corrected chi connectivity index (χ2v) is 4.25. The Balaban J connectivity index is 2.50. The molecule has 2 heteroatoms. The van der Waals surface area contributed by atoms with E-state index >= 15 is 0 Å². The van der Waals surface area contributed by atoms with E-state index in [1.807, 2.05) is 0 Å². The van der Waals surface area contributed by atoms with Crippen molar-refractivity contribution in [1.29, 1.82) is 0 Å². The van der Waals surface area contributed by atoms with Crippen LogP contribution >= 0.6 is 0 Å². The predicted molar refractivity (Wildman–Crippen MR) is 59.6 cm³/mol. The molecular formula is C12H17N2+. The number of aryl methyl sites for hydroxylation is 1. The Kier molecular flexibility index (Phi) is 2.30. The second kappa shape index (κ2) is 3.46. The van der Waals surface area contributed by atoms with Crippen LogP contribution in [0.2, 0.25) is 0 Å². The molecule has 0 fully saturated rings. The molecule has 0 unspecified atom stereocenters. The van der Waals surface area contributed by atoms with Gasteiger partial charge in [-0.1, -0.05) is 11.6 Å². The number of benzene rings is 1. The van der Waals surface area contributed by atoms with Gasteiger partial charge in [0.15, 0.2) is 0 Å². The predicted octanol–water partition coefficient (Wildman–Crippen LogP) is 1.12. The number of hydrogen-bond donors (Lipinski definition) is 2. The van der Waals surface area contributed by atoms with Crippen LogP contribution in [0.4, 0.5) is 0 Å². The van der Waals surface area contributed by atoms with Gasteiger partial charge < -0.3 is 9.88 Å². The first-order chi connectivity index (χ1) is 6.66. The Bertz CT molecular complexity index is 441. The molecule has 14 heavy (non-hydrogen) atoms. The van der Waals surface area contributed by atoms with E-state index in [1.54, 1.807) is 0 Å². The summed E-state index contributed by atoms with van der Waals surface area (Å²) in [6.45, 7) is 3.21. The van der Waals surface area contributed by atoms with Crippen LogP contribution in [0.1, 0.15) is 11.1 Å². The van der Waals surface area contributed by atoms with Gasteiger partial charge in [0.1, 0.15) is 6.54 Å². The van der Waals surface area contributed by atoms with Gasteiger partial charge in [-0.15, -0.1) is 0 Å². The van der Waals surface area contributed by atoms with Crippen molar-refractivity contribution in [2.45, 2.75) is 13.5 Å². The molecule has 2 aromatic rings. The van der Waals surface area contributed by atoms with E-state index < -0.39 is 0 Å². The van der Waals surface area contributed by atoms with Crippen LogP contribution < -0.4 is 4.90 Å². The van der Waals surface area contributed by atoms with Crippen molar-refractivity contribution in [3.63, 3.8) is 0 Å². The average molecular weight is 189 g/mol. The fourth-order valence-corrected chi connectivity index (χ4v) is 1.82. The maximum absolute atomic E-state index is 3.31. The lowest BCUT2D eigenvalue weighted by Crippen LogP contribution is -3.04. The van der Waals surface area contributed by atoms with E-state index in [9.17, 15) is 0 Å². The van der Waals surface area contributed by atoms with E-state index in [2.05, 4.69) is 50.4 Å². The lowest BCUT2D eigenvalue weighted by Gasteiger charge is -2.05. The number of fused-ring (bicyclic) bond motifs is 1. The molecular weight excluding hydrogens is 172 g/mol. The van der Waals surface area contributed by atoms with Crippen molar-refractivity contribution in [1.82, 2.24) is 4.98 Å². The van der Waals surface area contributed by atoms with Gasteiger partial charge in [-0.05, 0) is 19.1 Å². The molecule has 0 bridgehead atoms. The van der Waals surface area contributed by atoms with Gasteiger partial charge in [0.25, 0.3) is 0 Å². The van der Waals surface area contributed by atoms with Crippen molar-refractivity contribution in [2.75, 3.05) is 14.1 Å². The third-order valence-electron chi connectivity index (χ3n) is 2.47. The summed E-state index contributed by atoms with van der Waals surface area (Å²) < 4.78 is 0. The summed E-state index contributed by atoms with van der Waals surface area (Å²) in [6, 6.07) is 6.55. The minimum atomic E-state index is 1.07. The van der Waals surface area contributed by atoms with Crippen LogP contribution in [0.25, 0.3) is 10.9 Å². The molecule has 2 rings (SSSR count). The normalized spacial score (nSPS) is 11.4. The number of H-pyrrole nitrogens is 1. The van der Waals surface area contributed by atoms with Gasteiger partial charge in [0.2, 0.25) is 0 Å². The van der Waals surface area contributed by atoms with Gasteiger partial charge in [0, 0.05) is 22.7 Å². The highest BCUT2D eigenvalue weighted by Crippen LogP contribution is 2.18. The standard InChI is InChI=1S/C12H16N2/c1-9-4-5-12-11(6-9)10(7-13-12)8-14(2)3/h4-7,13H,8H2,1-3H3/p+1. The molecule has 0 aliphatic rings. The number of hydrogen-bond acceptors (Lipinski definition) is 0. The summed E-state index contributed by atoms with van der Waals surface area (Å²) in [5.74, 6) is 0. The Labute approximate surface area is 84.5 Å². The second-order valence-electron chi connectivity index (χ2n) is 4.25. The first kappa shape index (κ1) is 9.28. The van der Waals surface area contributed by atoms with Gasteiger partial charge in [-0.25, -0.2) is 0 Å². The number of rotatable bonds is 2. The van der Waals surface area contributed by atoms with E-state index in [0.717, 1.165) is 6.54 Å². The van der Waals surface area contributed by atoms with Crippen molar-refractivity contribution in [2.24, 2.45) is 0 Å². The zero-order valence-corrected chi connectivity index (χ0v) is 9.02. The van der Waals surface area contributed by atoms with Gasteiger partial charge in [-0.3, -0.25) is 0 Å². The molecule has 1 aromatic heterocycles. The summed E-state index contributed by atoms with van der Waals surface area (Å²) in [5, 5.41) is 1.37. The Hall–Kier alpha value is -1.28. The van der Waals surface area contributed by atoms with Gasteiger partial charge >= 0.3 is 0 Å². The van der Waals surface area contributed by atoms with Crippen LogP contribution in [-0.2, 0) is 6.54 Å². The van der Waals surface area contributed by atoms with Crippen molar-refractivity contribution >= 4 is 10.9 Å². The molecule has 0 radical (unpaired) electrons. The maximum atomic E-state index is 3.31. The van der Waals surface area contributed by atoms with Crippen molar-refractivity contribution in [3.05, 3.63) is 35.5 Å². The molecule has 0 saturated carbocycles. The summed E-state index contributed by atoms with van der Waals surface area (Å²) in [4.78, 5) is 4.76. The zero-order chi connectivity index (χ0) is 10.1. The molecule has 0 amide bonds. The lowest BCUT2D eigenvalue weighted by molar-refractivity contribution is -0.872. The summed E-state index contributed by atoms with van der Waals surface area (Å²) in [6.07, 6.45) is 2.12. The lowest BCUT2D eigenvalue weighted by atomic mass is 10.1. The average Bonchev–Trinajstić information content (AvgIpc) is 2.47.